The summed E-state index contributed by atoms with van der Waals surface area (Å²) in [6.07, 6.45) is 3.85. The molecule has 0 N–H and O–H groups in total. The first-order chi connectivity index (χ1) is 12.7. The molecule has 0 aliphatic heterocycles. The molecule has 0 fully saturated rings. The predicted molar refractivity (Wildman–Crippen MR) is 116 cm³/mol. The second-order valence-electron chi connectivity index (χ2n) is 6.91. The van der Waals surface area contributed by atoms with Gasteiger partial charge in [-0.05, 0) is 0 Å². The van der Waals surface area contributed by atoms with Crippen molar-refractivity contribution in [2.75, 3.05) is 6.16 Å². The molecule has 0 aliphatic rings. The van der Waals surface area contributed by atoms with Crippen LogP contribution in [0, 0.1) is 0 Å². The van der Waals surface area contributed by atoms with Crippen LogP contribution in [0.5, 0.6) is 0 Å². The van der Waals surface area contributed by atoms with Gasteiger partial charge in [0, 0.05) is 0 Å². The fourth-order valence-corrected chi connectivity index (χ4v) is 8.80. The van der Waals surface area contributed by atoms with Crippen molar-refractivity contribution in [3.05, 3.63) is 91.0 Å². The van der Waals surface area contributed by atoms with Gasteiger partial charge in [-0.25, -0.2) is 0 Å². The van der Waals surface area contributed by atoms with E-state index in [-0.39, 0.29) is 5.78 Å². The summed E-state index contributed by atoms with van der Waals surface area (Å²) in [5.74, 6) is 0.288. The molecule has 1 nitrogen and oxygen atoms in total. The van der Waals surface area contributed by atoms with E-state index in [4.69, 9.17) is 0 Å². The third kappa shape index (κ3) is 4.11. The Hall–Kier alpha value is -2.24. The number of benzene rings is 3. The minimum atomic E-state index is -2.11. The Morgan fingerprint density at radius 2 is 1.04 bits per heavy atom. The maximum atomic E-state index is 11.4. The average molecular weight is 362 g/mol. The molecule has 2 heteroatoms. The first kappa shape index (κ1) is 18.5. The summed E-state index contributed by atoms with van der Waals surface area (Å²) in [5, 5.41) is 4.33. The normalized spacial score (nSPS) is 11.9. The molecule has 0 amide bonds. The quantitative estimate of drug-likeness (QED) is 0.427. The van der Waals surface area contributed by atoms with E-state index < -0.39 is 7.26 Å². The third-order valence-electron chi connectivity index (χ3n) is 5.13. The van der Waals surface area contributed by atoms with Gasteiger partial charge in [-0.3, -0.25) is 0 Å². The van der Waals surface area contributed by atoms with Gasteiger partial charge in [0.05, 0.1) is 0 Å². The summed E-state index contributed by atoms with van der Waals surface area (Å²) in [7, 11) is -2.11. The van der Waals surface area contributed by atoms with Gasteiger partial charge < -0.3 is 0 Å². The predicted octanol–water partition coefficient (Wildman–Crippen LogP) is 4.47. The molecular weight excluding hydrogens is 335 g/mol. The average Bonchev–Trinajstić information content (AvgIpc) is 2.70. The Labute approximate surface area is 157 Å². The Bertz CT molecular complexity index is 716. The molecule has 0 saturated heterocycles. The van der Waals surface area contributed by atoms with Crippen LogP contribution in [0.3, 0.4) is 0 Å². The van der Waals surface area contributed by atoms with Gasteiger partial charge in [-0.1, -0.05) is 0 Å². The first-order valence-electron chi connectivity index (χ1n) is 9.39. The van der Waals surface area contributed by atoms with E-state index in [9.17, 15) is 4.79 Å². The Morgan fingerprint density at radius 1 is 0.654 bits per heavy atom. The summed E-state index contributed by atoms with van der Waals surface area (Å²) in [6.45, 7) is 1.69. The van der Waals surface area contributed by atoms with Crippen molar-refractivity contribution in [1.29, 1.82) is 0 Å². The molecule has 3 aromatic rings. The zero-order valence-corrected chi connectivity index (χ0v) is 16.4. The molecule has 134 valence electrons. The second-order valence-corrected chi connectivity index (χ2v) is 11.0. The van der Waals surface area contributed by atoms with Gasteiger partial charge >= 0.3 is 157 Å². The van der Waals surface area contributed by atoms with Crippen molar-refractivity contribution >= 4 is 29.0 Å². The van der Waals surface area contributed by atoms with Crippen LogP contribution in [0.1, 0.15) is 26.2 Å². The zero-order chi connectivity index (χ0) is 18.2. The maximum absolute atomic E-state index is 11.4. The summed E-state index contributed by atoms with van der Waals surface area (Å²) in [4.78, 5) is 11.4. The van der Waals surface area contributed by atoms with Crippen molar-refractivity contribution < 1.29 is 4.79 Å². The molecule has 0 heterocycles. The van der Waals surface area contributed by atoms with Crippen LogP contribution in [0.2, 0.25) is 0 Å². The second kappa shape index (κ2) is 8.92. The van der Waals surface area contributed by atoms with Crippen molar-refractivity contribution in [3.63, 3.8) is 0 Å². The number of rotatable bonds is 8. The van der Waals surface area contributed by atoms with Crippen LogP contribution >= 0.6 is 7.26 Å². The summed E-state index contributed by atoms with van der Waals surface area (Å²) in [6, 6.07) is 32.9. The van der Waals surface area contributed by atoms with E-state index >= 15 is 0 Å². The molecule has 0 spiro atoms. The van der Waals surface area contributed by atoms with Crippen LogP contribution in [0.4, 0.5) is 0 Å². The van der Waals surface area contributed by atoms with E-state index in [1.807, 2.05) is 0 Å². The van der Waals surface area contributed by atoms with Gasteiger partial charge in [-0.2, -0.15) is 0 Å². The fourth-order valence-electron chi connectivity index (χ4n) is 3.87. The molecule has 0 aromatic heterocycles. The number of carbonyl (C=O) groups is 1. The summed E-state index contributed by atoms with van der Waals surface area (Å²) in [5.41, 5.74) is 0. The van der Waals surface area contributed by atoms with E-state index in [2.05, 4.69) is 91.0 Å². The third-order valence-corrected chi connectivity index (χ3v) is 10.2. The van der Waals surface area contributed by atoms with Gasteiger partial charge in [0.25, 0.3) is 0 Å². The molecule has 0 bridgehead atoms. The van der Waals surface area contributed by atoms with Gasteiger partial charge in [0.15, 0.2) is 0 Å². The van der Waals surface area contributed by atoms with Crippen LogP contribution < -0.4 is 15.9 Å². The standard InChI is InChI=1S/C24H27OP/c1-21(25)13-11-12-20-26(22-14-5-2-6-15-22,23-16-7-3-8-17-23)24-18-9-4-10-19-24/h2-10,14-19,26H,11-13,20H2,1H3. The molecule has 26 heavy (non-hydrogen) atoms. The number of hydrogen-bond donors (Lipinski definition) is 0. The number of unbranched alkanes of at least 4 members (excludes halogenated alkanes) is 1. The molecule has 0 unspecified atom stereocenters. The number of Topliss-reactive ketones (excluding diaryl/α,β-unsaturated/α-hetero) is 1. The summed E-state index contributed by atoms with van der Waals surface area (Å²) >= 11 is 0. The van der Waals surface area contributed by atoms with Gasteiger partial charge in [0.1, 0.15) is 0 Å². The number of carbonyl (C=O) groups excluding carboxylic acids is 1. The SMILES string of the molecule is CC(=O)CCCC[PH](c1ccccc1)(c1ccccc1)c1ccccc1. The van der Waals surface area contributed by atoms with Crippen molar-refractivity contribution in [2.45, 2.75) is 26.2 Å². The Kier molecular flexibility index (Phi) is 6.36. The van der Waals surface area contributed by atoms with E-state index in [1.165, 1.54) is 15.9 Å². The summed E-state index contributed by atoms with van der Waals surface area (Å²) < 4.78 is 0. The van der Waals surface area contributed by atoms with Crippen LogP contribution in [-0.2, 0) is 4.79 Å². The number of ketones is 1. The molecule has 3 aromatic carbocycles. The van der Waals surface area contributed by atoms with Crippen molar-refractivity contribution in [3.8, 4) is 0 Å². The fraction of sp³-hybridized carbons (Fsp3) is 0.208. The van der Waals surface area contributed by atoms with Gasteiger partial charge in [0.2, 0.25) is 0 Å². The van der Waals surface area contributed by atoms with Crippen molar-refractivity contribution in [2.24, 2.45) is 0 Å². The number of hydrogen-bond acceptors (Lipinski definition) is 1. The zero-order valence-electron chi connectivity index (χ0n) is 15.4. The van der Waals surface area contributed by atoms with E-state index in [0.29, 0.717) is 6.42 Å². The Balaban J connectivity index is 2.10. The molecule has 3 rings (SSSR count). The molecule has 0 atom stereocenters. The van der Waals surface area contributed by atoms with Crippen LogP contribution in [0.15, 0.2) is 91.0 Å². The van der Waals surface area contributed by atoms with Crippen LogP contribution in [0.25, 0.3) is 0 Å². The van der Waals surface area contributed by atoms with E-state index in [1.54, 1.807) is 6.92 Å². The van der Waals surface area contributed by atoms with Crippen molar-refractivity contribution in [1.82, 2.24) is 0 Å². The molecule has 0 radical (unpaired) electrons. The van der Waals surface area contributed by atoms with Gasteiger partial charge in [-0.15, -0.1) is 0 Å². The first-order valence-corrected chi connectivity index (χ1v) is 11.6. The Morgan fingerprint density at radius 3 is 1.38 bits per heavy atom. The molecule has 0 aliphatic carbocycles. The monoisotopic (exact) mass is 362 g/mol. The molecule has 0 saturated carbocycles. The van der Waals surface area contributed by atoms with Crippen LogP contribution in [-0.4, -0.2) is 11.9 Å². The topological polar surface area (TPSA) is 17.1 Å². The minimum absolute atomic E-state index is 0.288. The van der Waals surface area contributed by atoms with E-state index in [0.717, 1.165) is 19.0 Å². The molecular formula is C24H27OP.